The van der Waals surface area contributed by atoms with Crippen molar-refractivity contribution in [1.82, 2.24) is 4.90 Å². The summed E-state index contributed by atoms with van der Waals surface area (Å²) in [5.74, 6) is 0.727. The largest absolute Gasteiger partial charge is 0.497 e. The second-order valence-electron chi connectivity index (χ2n) is 3.97. The van der Waals surface area contributed by atoms with E-state index in [-0.39, 0.29) is 10.7 Å². The van der Waals surface area contributed by atoms with Gasteiger partial charge >= 0.3 is 0 Å². The van der Waals surface area contributed by atoms with Gasteiger partial charge in [0.05, 0.1) is 18.5 Å². The van der Waals surface area contributed by atoms with Gasteiger partial charge in [-0.3, -0.25) is 4.79 Å². The van der Waals surface area contributed by atoms with Crippen LogP contribution in [-0.2, 0) is 4.74 Å². The van der Waals surface area contributed by atoms with E-state index in [4.69, 9.17) is 9.47 Å². The third-order valence-electron chi connectivity index (χ3n) is 2.50. The van der Waals surface area contributed by atoms with Gasteiger partial charge in [-0.25, -0.2) is 0 Å². The molecule has 0 spiro atoms. The van der Waals surface area contributed by atoms with Gasteiger partial charge in [-0.05, 0) is 24.3 Å². The van der Waals surface area contributed by atoms with E-state index in [1.807, 2.05) is 0 Å². The molecule has 0 aliphatic rings. The van der Waals surface area contributed by atoms with Gasteiger partial charge in [0.15, 0.2) is 0 Å². The molecule has 1 unspecified atom stereocenters. The SMILES string of the molecule is COCC(Br)CN(C)C(=O)c1ccc(OC)cc1. The number of benzene rings is 1. The Hall–Kier alpha value is -1.07. The number of hydrogen-bond donors (Lipinski definition) is 0. The third-order valence-corrected chi connectivity index (χ3v) is 3.06. The van der Waals surface area contributed by atoms with Crippen LogP contribution >= 0.6 is 15.9 Å². The number of alkyl halides is 1. The summed E-state index contributed by atoms with van der Waals surface area (Å²) in [5, 5.41) is 0. The van der Waals surface area contributed by atoms with Crippen LogP contribution in [0.15, 0.2) is 24.3 Å². The van der Waals surface area contributed by atoms with Gasteiger partial charge < -0.3 is 14.4 Å². The minimum atomic E-state index is -0.0155. The number of halogens is 1. The summed E-state index contributed by atoms with van der Waals surface area (Å²) in [6.07, 6.45) is 0. The van der Waals surface area contributed by atoms with Crippen LogP contribution in [0, 0.1) is 0 Å². The van der Waals surface area contributed by atoms with Crippen LogP contribution in [0.5, 0.6) is 5.75 Å². The molecule has 1 amide bonds. The van der Waals surface area contributed by atoms with Gasteiger partial charge in [-0.2, -0.15) is 0 Å². The van der Waals surface area contributed by atoms with E-state index in [2.05, 4.69) is 15.9 Å². The average Bonchev–Trinajstić information content (AvgIpc) is 2.38. The molecule has 0 N–H and O–H groups in total. The molecular weight excluding hydrogens is 298 g/mol. The zero-order valence-electron chi connectivity index (χ0n) is 10.9. The summed E-state index contributed by atoms with van der Waals surface area (Å²) in [6.45, 7) is 1.17. The van der Waals surface area contributed by atoms with Crippen molar-refractivity contribution in [2.75, 3.05) is 34.4 Å². The quantitative estimate of drug-likeness (QED) is 0.755. The molecule has 18 heavy (non-hydrogen) atoms. The normalized spacial score (nSPS) is 12.0. The number of methoxy groups -OCH3 is 2. The van der Waals surface area contributed by atoms with E-state index in [1.165, 1.54) is 0 Å². The molecule has 100 valence electrons. The minimum absolute atomic E-state index is 0.0155. The molecule has 5 heteroatoms. The molecule has 0 aliphatic carbocycles. The molecule has 1 rings (SSSR count). The monoisotopic (exact) mass is 315 g/mol. The number of hydrogen-bond acceptors (Lipinski definition) is 3. The van der Waals surface area contributed by atoms with Crippen molar-refractivity contribution in [3.05, 3.63) is 29.8 Å². The first-order valence-electron chi connectivity index (χ1n) is 5.61. The zero-order valence-corrected chi connectivity index (χ0v) is 12.4. The summed E-state index contributed by atoms with van der Waals surface area (Å²) in [5.41, 5.74) is 0.649. The lowest BCUT2D eigenvalue weighted by Gasteiger charge is -2.20. The Balaban J connectivity index is 2.62. The predicted octanol–water partition coefficient (Wildman–Crippen LogP) is 2.18. The zero-order chi connectivity index (χ0) is 13.5. The summed E-state index contributed by atoms with van der Waals surface area (Å²) in [7, 11) is 5.01. The Labute approximate surface area is 116 Å². The molecule has 0 fully saturated rings. The van der Waals surface area contributed by atoms with Crippen LogP contribution in [-0.4, -0.2) is 50.1 Å². The van der Waals surface area contributed by atoms with E-state index >= 15 is 0 Å². The molecule has 0 saturated carbocycles. The van der Waals surface area contributed by atoms with E-state index in [9.17, 15) is 4.79 Å². The molecule has 4 nitrogen and oxygen atoms in total. The Morgan fingerprint density at radius 3 is 2.44 bits per heavy atom. The molecule has 1 atom stereocenters. The molecule has 0 heterocycles. The first-order chi connectivity index (χ1) is 8.58. The highest BCUT2D eigenvalue weighted by atomic mass is 79.9. The lowest BCUT2D eigenvalue weighted by molar-refractivity contribution is 0.0784. The van der Waals surface area contributed by atoms with Crippen LogP contribution < -0.4 is 4.74 Å². The van der Waals surface area contributed by atoms with Crippen molar-refractivity contribution in [1.29, 1.82) is 0 Å². The maximum atomic E-state index is 12.1. The van der Waals surface area contributed by atoms with Gasteiger partial charge in [0.2, 0.25) is 0 Å². The standard InChI is InChI=1S/C13H18BrNO3/c1-15(8-11(14)9-17-2)13(16)10-4-6-12(18-3)7-5-10/h4-7,11H,8-9H2,1-3H3. The van der Waals surface area contributed by atoms with Gasteiger partial charge in [0, 0.05) is 26.3 Å². The van der Waals surface area contributed by atoms with Crippen LogP contribution in [0.4, 0.5) is 0 Å². The number of ether oxygens (including phenoxy) is 2. The van der Waals surface area contributed by atoms with Gasteiger partial charge in [-0.15, -0.1) is 0 Å². The molecule has 0 radical (unpaired) electrons. The van der Waals surface area contributed by atoms with Crippen LogP contribution in [0.25, 0.3) is 0 Å². The maximum absolute atomic E-state index is 12.1. The summed E-state index contributed by atoms with van der Waals surface area (Å²) in [4.78, 5) is 13.9. The van der Waals surface area contributed by atoms with E-state index in [0.29, 0.717) is 18.7 Å². The molecule has 1 aromatic carbocycles. The van der Waals surface area contributed by atoms with Crippen LogP contribution in [0.2, 0.25) is 0 Å². The molecule has 0 saturated heterocycles. The fourth-order valence-corrected chi connectivity index (χ4v) is 2.27. The maximum Gasteiger partial charge on any atom is 0.253 e. The topological polar surface area (TPSA) is 38.8 Å². The molecule has 0 bridgehead atoms. The summed E-state index contributed by atoms with van der Waals surface area (Å²) in [6, 6.07) is 7.08. The highest BCUT2D eigenvalue weighted by molar-refractivity contribution is 9.09. The van der Waals surface area contributed by atoms with Crippen molar-refractivity contribution in [3.63, 3.8) is 0 Å². The van der Waals surface area contributed by atoms with Crippen molar-refractivity contribution in [2.45, 2.75) is 4.83 Å². The van der Waals surface area contributed by atoms with Gasteiger partial charge in [0.1, 0.15) is 5.75 Å². The van der Waals surface area contributed by atoms with Crippen molar-refractivity contribution in [2.24, 2.45) is 0 Å². The highest BCUT2D eigenvalue weighted by Gasteiger charge is 2.15. The average molecular weight is 316 g/mol. The van der Waals surface area contributed by atoms with E-state index in [0.717, 1.165) is 5.75 Å². The molecular formula is C13H18BrNO3. The molecule has 0 aliphatic heterocycles. The Kier molecular flexibility index (Phi) is 6.15. The number of rotatable bonds is 6. The summed E-state index contributed by atoms with van der Waals surface area (Å²) < 4.78 is 10.1. The molecule has 0 aromatic heterocycles. The van der Waals surface area contributed by atoms with Gasteiger partial charge in [-0.1, -0.05) is 15.9 Å². The predicted molar refractivity (Wildman–Crippen MR) is 74.5 cm³/mol. The Bertz CT molecular complexity index is 380. The second kappa shape index (κ2) is 7.38. The fourth-order valence-electron chi connectivity index (χ4n) is 1.57. The van der Waals surface area contributed by atoms with Crippen LogP contribution in [0.1, 0.15) is 10.4 Å². The summed E-state index contributed by atoms with van der Waals surface area (Å²) >= 11 is 3.46. The van der Waals surface area contributed by atoms with Crippen LogP contribution in [0.3, 0.4) is 0 Å². The van der Waals surface area contributed by atoms with Crippen molar-refractivity contribution in [3.8, 4) is 5.75 Å². The fraction of sp³-hybridized carbons (Fsp3) is 0.462. The smallest absolute Gasteiger partial charge is 0.253 e. The lowest BCUT2D eigenvalue weighted by Crippen LogP contribution is -2.33. The number of carbonyl (C=O) groups is 1. The van der Waals surface area contributed by atoms with Crippen molar-refractivity contribution < 1.29 is 14.3 Å². The Morgan fingerprint density at radius 2 is 1.94 bits per heavy atom. The highest BCUT2D eigenvalue weighted by Crippen LogP contribution is 2.13. The lowest BCUT2D eigenvalue weighted by atomic mass is 10.2. The number of amides is 1. The number of carbonyl (C=O) groups excluding carboxylic acids is 1. The molecule has 1 aromatic rings. The van der Waals surface area contributed by atoms with E-state index in [1.54, 1.807) is 50.4 Å². The Morgan fingerprint density at radius 1 is 1.33 bits per heavy atom. The third kappa shape index (κ3) is 4.31. The first-order valence-corrected chi connectivity index (χ1v) is 6.52. The number of nitrogens with zero attached hydrogens (tertiary/aromatic N) is 1. The second-order valence-corrected chi connectivity index (χ2v) is 5.26. The van der Waals surface area contributed by atoms with Gasteiger partial charge in [0.25, 0.3) is 5.91 Å². The first kappa shape index (κ1) is 15.0. The van der Waals surface area contributed by atoms with Crippen molar-refractivity contribution >= 4 is 21.8 Å². The minimum Gasteiger partial charge on any atom is -0.497 e. The van der Waals surface area contributed by atoms with E-state index < -0.39 is 0 Å².